The monoisotopic (exact) mass is 399 g/mol. The number of carbonyl (C=O) groups excluding carboxylic acids is 1. The average Bonchev–Trinajstić information content (AvgIpc) is 3.25. The molecular weight excluding hydrogens is 378 g/mol. The van der Waals surface area contributed by atoms with Gasteiger partial charge >= 0.3 is 0 Å². The highest BCUT2D eigenvalue weighted by Crippen LogP contribution is 2.33. The Labute approximate surface area is 166 Å². The van der Waals surface area contributed by atoms with Gasteiger partial charge in [0.05, 0.1) is 23.7 Å². The van der Waals surface area contributed by atoms with Gasteiger partial charge in [0.2, 0.25) is 5.91 Å². The summed E-state index contributed by atoms with van der Waals surface area (Å²) in [4.78, 5) is 22.2. The number of aromatic nitrogens is 1. The van der Waals surface area contributed by atoms with E-state index in [0.29, 0.717) is 24.2 Å². The molecule has 2 heterocycles. The van der Waals surface area contributed by atoms with Crippen molar-refractivity contribution in [3.63, 3.8) is 0 Å². The summed E-state index contributed by atoms with van der Waals surface area (Å²) in [5, 5.41) is 8.57. The highest BCUT2D eigenvalue weighted by molar-refractivity contribution is 7.17. The van der Waals surface area contributed by atoms with Crippen molar-refractivity contribution >= 4 is 39.7 Å². The number of nitrogens with two attached hydrogens (primary N) is 1. The zero-order valence-corrected chi connectivity index (χ0v) is 16.8. The van der Waals surface area contributed by atoms with Gasteiger partial charge in [0, 0.05) is 17.2 Å². The summed E-state index contributed by atoms with van der Waals surface area (Å²) >= 11 is 3.12. The number of carbonyl (C=O) groups is 1. The third-order valence-electron chi connectivity index (χ3n) is 3.78. The van der Waals surface area contributed by atoms with Gasteiger partial charge in [-0.25, -0.2) is 9.98 Å². The van der Waals surface area contributed by atoms with E-state index in [2.05, 4.69) is 26.7 Å². The Morgan fingerprint density at radius 1 is 1.30 bits per heavy atom. The molecule has 1 amide bonds. The molecule has 0 saturated carbocycles. The Morgan fingerprint density at radius 2 is 2.07 bits per heavy atom. The van der Waals surface area contributed by atoms with Crippen LogP contribution in [0.1, 0.15) is 22.9 Å². The van der Waals surface area contributed by atoms with Crippen LogP contribution in [0.25, 0.3) is 10.6 Å². The first kappa shape index (κ1) is 19.1. The molecule has 27 heavy (non-hydrogen) atoms. The molecule has 8 heteroatoms. The Balaban J connectivity index is 1.64. The molecule has 0 fully saturated rings. The Kier molecular flexibility index (Phi) is 6.20. The first-order valence-electron chi connectivity index (χ1n) is 8.42. The molecule has 0 aliphatic rings. The number of thiazole rings is 1. The van der Waals surface area contributed by atoms with Gasteiger partial charge in [-0.05, 0) is 24.1 Å². The van der Waals surface area contributed by atoms with Crippen LogP contribution < -0.4 is 16.4 Å². The molecule has 0 unspecified atom stereocenters. The fourth-order valence-corrected chi connectivity index (χ4v) is 4.25. The molecular formula is C19H21N5OS2. The number of aryl methyl sites for hydroxylation is 1. The first-order chi connectivity index (χ1) is 13.0. The second-order valence-electron chi connectivity index (χ2n) is 5.98. The highest BCUT2D eigenvalue weighted by atomic mass is 32.1. The average molecular weight is 400 g/mol. The fraction of sp³-hybridized carbons (Fsp3) is 0.211. The standard InChI is InChI=1S/C19H21N5OS2/c1-12-8-16(27-17(12)10-21-13(2)25)15-11-26-19(23-15)24-18(20)22-9-14-6-4-3-5-7-14/h3-8,11H,9-10H2,1-2H3,(H,21,25)(H3,20,22,23,24). The first-order valence-corrected chi connectivity index (χ1v) is 10.1. The number of nitrogens with one attached hydrogen (secondary N) is 2. The SMILES string of the molecule is CC(=O)NCc1sc(-c2csc(NC(N)=NCc3ccccc3)n2)cc1C. The molecule has 6 nitrogen and oxygen atoms in total. The molecule has 0 aliphatic heterocycles. The van der Waals surface area contributed by atoms with Crippen LogP contribution in [-0.2, 0) is 17.9 Å². The van der Waals surface area contributed by atoms with Gasteiger partial charge in [-0.2, -0.15) is 0 Å². The second kappa shape index (κ2) is 8.79. The van der Waals surface area contributed by atoms with Crippen LogP contribution in [0.2, 0.25) is 0 Å². The summed E-state index contributed by atoms with van der Waals surface area (Å²) < 4.78 is 0. The van der Waals surface area contributed by atoms with E-state index in [4.69, 9.17) is 5.73 Å². The number of rotatable bonds is 6. The van der Waals surface area contributed by atoms with Gasteiger partial charge in [-0.15, -0.1) is 22.7 Å². The summed E-state index contributed by atoms with van der Waals surface area (Å²) in [6, 6.07) is 12.0. The maximum Gasteiger partial charge on any atom is 0.217 e. The minimum atomic E-state index is -0.0326. The number of guanidine groups is 1. The number of nitrogens with zero attached hydrogens (tertiary/aromatic N) is 2. The minimum Gasteiger partial charge on any atom is -0.370 e. The van der Waals surface area contributed by atoms with Crippen LogP contribution in [0.15, 0.2) is 46.8 Å². The van der Waals surface area contributed by atoms with E-state index in [9.17, 15) is 4.79 Å². The maximum absolute atomic E-state index is 11.1. The molecule has 1 aromatic carbocycles. The van der Waals surface area contributed by atoms with Crippen LogP contribution >= 0.6 is 22.7 Å². The highest BCUT2D eigenvalue weighted by Gasteiger charge is 2.11. The van der Waals surface area contributed by atoms with Gasteiger partial charge < -0.3 is 16.4 Å². The molecule has 0 aliphatic carbocycles. The van der Waals surface area contributed by atoms with Crippen LogP contribution in [0.3, 0.4) is 0 Å². The third-order valence-corrected chi connectivity index (χ3v) is 5.80. The van der Waals surface area contributed by atoms with Crippen molar-refractivity contribution < 1.29 is 4.79 Å². The van der Waals surface area contributed by atoms with Crippen molar-refractivity contribution in [1.29, 1.82) is 0 Å². The number of thiophene rings is 1. The number of hydrogen-bond acceptors (Lipinski definition) is 5. The van der Waals surface area contributed by atoms with Crippen LogP contribution in [0.5, 0.6) is 0 Å². The van der Waals surface area contributed by atoms with Crippen molar-refractivity contribution in [3.05, 3.63) is 57.8 Å². The summed E-state index contributed by atoms with van der Waals surface area (Å²) in [6.45, 7) is 4.62. The lowest BCUT2D eigenvalue weighted by molar-refractivity contribution is -0.119. The Morgan fingerprint density at radius 3 is 2.81 bits per heavy atom. The van der Waals surface area contributed by atoms with E-state index >= 15 is 0 Å². The quantitative estimate of drug-likeness (QED) is 0.435. The zero-order valence-electron chi connectivity index (χ0n) is 15.2. The molecule has 0 spiro atoms. The van der Waals surface area contributed by atoms with Crippen LogP contribution in [0, 0.1) is 6.92 Å². The molecule has 0 saturated heterocycles. The van der Waals surface area contributed by atoms with E-state index in [-0.39, 0.29) is 5.91 Å². The lowest BCUT2D eigenvalue weighted by atomic mass is 10.2. The predicted octanol–water partition coefficient (Wildman–Crippen LogP) is 3.74. The minimum absolute atomic E-state index is 0.0326. The molecule has 0 radical (unpaired) electrons. The smallest absolute Gasteiger partial charge is 0.217 e. The third kappa shape index (κ3) is 5.38. The van der Waals surface area contributed by atoms with Crippen LogP contribution in [-0.4, -0.2) is 16.9 Å². The van der Waals surface area contributed by atoms with Crippen molar-refractivity contribution in [3.8, 4) is 10.6 Å². The van der Waals surface area contributed by atoms with Crippen LogP contribution in [0.4, 0.5) is 5.13 Å². The van der Waals surface area contributed by atoms with E-state index in [1.165, 1.54) is 18.3 Å². The molecule has 0 bridgehead atoms. The molecule has 0 atom stereocenters. The van der Waals surface area contributed by atoms with Gasteiger partial charge in [0.25, 0.3) is 0 Å². The van der Waals surface area contributed by atoms with Crippen molar-refractivity contribution in [2.45, 2.75) is 26.9 Å². The number of benzene rings is 1. The number of amides is 1. The molecule has 2 aromatic heterocycles. The van der Waals surface area contributed by atoms with E-state index in [1.807, 2.05) is 42.6 Å². The fourth-order valence-electron chi connectivity index (χ4n) is 2.38. The van der Waals surface area contributed by atoms with Gasteiger partial charge in [0.1, 0.15) is 0 Å². The molecule has 140 valence electrons. The van der Waals surface area contributed by atoms with E-state index < -0.39 is 0 Å². The van der Waals surface area contributed by atoms with Crippen molar-refractivity contribution in [2.24, 2.45) is 10.7 Å². The topological polar surface area (TPSA) is 92.4 Å². The molecule has 3 aromatic rings. The zero-order chi connectivity index (χ0) is 19.2. The van der Waals surface area contributed by atoms with Gasteiger partial charge in [-0.3, -0.25) is 4.79 Å². The maximum atomic E-state index is 11.1. The Hall–Kier alpha value is -2.71. The molecule has 3 rings (SSSR count). The Bertz CT molecular complexity index is 946. The lowest BCUT2D eigenvalue weighted by Gasteiger charge is -2.01. The normalized spacial score (nSPS) is 11.4. The number of hydrogen-bond donors (Lipinski definition) is 3. The van der Waals surface area contributed by atoms with Crippen molar-refractivity contribution in [1.82, 2.24) is 10.3 Å². The van der Waals surface area contributed by atoms with Gasteiger partial charge in [-0.1, -0.05) is 30.3 Å². The predicted molar refractivity (Wildman–Crippen MR) is 113 cm³/mol. The number of anilines is 1. The number of aliphatic imine (C=N–C) groups is 1. The molecule has 4 N–H and O–H groups in total. The van der Waals surface area contributed by atoms with E-state index in [1.54, 1.807) is 11.3 Å². The summed E-state index contributed by atoms with van der Waals surface area (Å²) in [5.41, 5.74) is 9.10. The van der Waals surface area contributed by atoms with Gasteiger partial charge in [0.15, 0.2) is 11.1 Å². The van der Waals surface area contributed by atoms with E-state index in [0.717, 1.165) is 26.6 Å². The lowest BCUT2D eigenvalue weighted by Crippen LogP contribution is -2.22. The summed E-state index contributed by atoms with van der Waals surface area (Å²) in [5.74, 6) is 0.309. The van der Waals surface area contributed by atoms with Crippen molar-refractivity contribution in [2.75, 3.05) is 5.32 Å². The largest absolute Gasteiger partial charge is 0.370 e. The summed E-state index contributed by atoms with van der Waals surface area (Å²) in [6.07, 6.45) is 0. The second-order valence-corrected chi connectivity index (χ2v) is 7.97. The summed E-state index contributed by atoms with van der Waals surface area (Å²) in [7, 11) is 0.